The minimum atomic E-state index is -0.387. The molecule has 2 aromatic rings. The molecule has 2 amide bonds. The Balaban J connectivity index is 2.09. The van der Waals surface area contributed by atoms with Crippen molar-refractivity contribution in [2.24, 2.45) is 0 Å². The molecule has 0 aliphatic rings. The van der Waals surface area contributed by atoms with E-state index in [0.29, 0.717) is 25.1 Å². The molecule has 0 aromatic heterocycles. The molecular formula is C18H18ClFN2O2. The van der Waals surface area contributed by atoms with Crippen molar-refractivity contribution in [3.63, 3.8) is 0 Å². The summed E-state index contributed by atoms with van der Waals surface area (Å²) >= 11 is 5.43. The maximum absolute atomic E-state index is 13.1. The smallest absolute Gasteiger partial charge is 0.258 e. The van der Waals surface area contributed by atoms with E-state index in [2.05, 4.69) is 5.32 Å². The Morgan fingerprint density at radius 1 is 1.04 bits per heavy atom. The van der Waals surface area contributed by atoms with Crippen molar-refractivity contribution in [2.45, 2.75) is 6.42 Å². The van der Waals surface area contributed by atoms with Crippen LogP contribution >= 0.6 is 11.6 Å². The summed E-state index contributed by atoms with van der Waals surface area (Å²) in [5.74, 6) is -0.934. The first kappa shape index (κ1) is 17.9. The van der Waals surface area contributed by atoms with Crippen molar-refractivity contribution in [3.8, 4) is 0 Å². The SMILES string of the molecule is O=C(CCl)NCCCN(C(=O)c1ccc(F)cc1)c1ccccc1. The van der Waals surface area contributed by atoms with Crippen molar-refractivity contribution in [1.82, 2.24) is 5.32 Å². The summed E-state index contributed by atoms with van der Waals surface area (Å²) in [5.41, 5.74) is 1.15. The summed E-state index contributed by atoms with van der Waals surface area (Å²) in [4.78, 5) is 25.5. The second-order valence-corrected chi connectivity index (χ2v) is 5.40. The lowest BCUT2D eigenvalue weighted by Crippen LogP contribution is -2.34. The van der Waals surface area contributed by atoms with Gasteiger partial charge < -0.3 is 10.2 Å². The lowest BCUT2D eigenvalue weighted by Gasteiger charge is -2.23. The normalized spacial score (nSPS) is 10.2. The molecule has 0 bridgehead atoms. The van der Waals surface area contributed by atoms with Gasteiger partial charge in [0.1, 0.15) is 11.7 Å². The number of carbonyl (C=O) groups is 2. The first-order valence-corrected chi connectivity index (χ1v) is 8.10. The second-order valence-electron chi connectivity index (χ2n) is 5.14. The van der Waals surface area contributed by atoms with Crippen molar-refractivity contribution in [2.75, 3.05) is 23.9 Å². The highest BCUT2D eigenvalue weighted by atomic mass is 35.5. The van der Waals surface area contributed by atoms with Crippen molar-refractivity contribution in [3.05, 3.63) is 66.0 Å². The second kappa shape index (κ2) is 9.03. The Labute approximate surface area is 145 Å². The van der Waals surface area contributed by atoms with Crippen LogP contribution in [-0.2, 0) is 4.79 Å². The molecule has 2 aromatic carbocycles. The van der Waals surface area contributed by atoms with E-state index in [1.165, 1.54) is 24.3 Å². The molecule has 0 saturated carbocycles. The van der Waals surface area contributed by atoms with Crippen LogP contribution in [0.2, 0.25) is 0 Å². The van der Waals surface area contributed by atoms with Gasteiger partial charge >= 0.3 is 0 Å². The van der Waals surface area contributed by atoms with E-state index in [9.17, 15) is 14.0 Å². The van der Waals surface area contributed by atoms with Gasteiger partial charge in [0.25, 0.3) is 5.91 Å². The first-order valence-electron chi connectivity index (χ1n) is 7.57. The van der Waals surface area contributed by atoms with Gasteiger partial charge in [-0.15, -0.1) is 11.6 Å². The van der Waals surface area contributed by atoms with Crippen LogP contribution in [0.25, 0.3) is 0 Å². The molecule has 0 radical (unpaired) electrons. The monoisotopic (exact) mass is 348 g/mol. The number of nitrogens with zero attached hydrogens (tertiary/aromatic N) is 1. The third-order valence-electron chi connectivity index (χ3n) is 3.41. The summed E-state index contributed by atoms with van der Waals surface area (Å²) in [6.07, 6.45) is 0.574. The van der Waals surface area contributed by atoms with Crippen LogP contribution in [0.4, 0.5) is 10.1 Å². The number of amides is 2. The fraction of sp³-hybridized carbons (Fsp3) is 0.222. The Bertz CT molecular complexity index is 677. The molecule has 2 rings (SSSR count). The molecule has 0 spiro atoms. The van der Waals surface area contributed by atoms with Gasteiger partial charge in [0.15, 0.2) is 0 Å². The van der Waals surface area contributed by atoms with Crippen LogP contribution in [0.3, 0.4) is 0 Å². The van der Waals surface area contributed by atoms with E-state index < -0.39 is 0 Å². The molecule has 0 atom stereocenters. The van der Waals surface area contributed by atoms with Crippen molar-refractivity contribution in [1.29, 1.82) is 0 Å². The molecule has 4 nitrogen and oxygen atoms in total. The summed E-state index contributed by atoms with van der Waals surface area (Å²) in [7, 11) is 0. The van der Waals surface area contributed by atoms with Gasteiger partial charge in [0.2, 0.25) is 5.91 Å². The third-order valence-corrected chi connectivity index (χ3v) is 3.65. The number of benzene rings is 2. The quantitative estimate of drug-likeness (QED) is 0.617. The van der Waals surface area contributed by atoms with E-state index >= 15 is 0 Å². The molecule has 0 saturated heterocycles. The molecule has 0 unspecified atom stereocenters. The number of hydrogen-bond donors (Lipinski definition) is 1. The summed E-state index contributed by atoms with van der Waals surface area (Å²) in [6.45, 7) is 0.842. The van der Waals surface area contributed by atoms with E-state index in [1.54, 1.807) is 4.90 Å². The molecule has 126 valence electrons. The Hall–Kier alpha value is -2.40. The molecule has 6 heteroatoms. The van der Waals surface area contributed by atoms with Crippen molar-refractivity contribution < 1.29 is 14.0 Å². The number of nitrogens with one attached hydrogen (secondary N) is 1. The van der Waals surface area contributed by atoms with Gasteiger partial charge in [-0.1, -0.05) is 18.2 Å². The van der Waals surface area contributed by atoms with Crippen LogP contribution in [0.5, 0.6) is 0 Å². The van der Waals surface area contributed by atoms with Gasteiger partial charge in [0.05, 0.1) is 0 Å². The highest BCUT2D eigenvalue weighted by Gasteiger charge is 2.17. The van der Waals surface area contributed by atoms with Crippen LogP contribution in [0.15, 0.2) is 54.6 Å². The van der Waals surface area contributed by atoms with Crippen LogP contribution in [0, 0.1) is 5.82 Å². The maximum Gasteiger partial charge on any atom is 0.258 e. The number of anilines is 1. The number of carbonyl (C=O) groups excluding carboxylic acids is 2. The third kappa shape index (κ3) is 5.06. The summed E-state index contributed by atoms with van der Waals surface area (Å²) in [5, 5.41) is 2.67. The standard InChI is InChI=1S/C18H18ClFN2O2/c19-13-17(23)21-11-4-12-22(16-5-2-1-3-6-16)18(24)14-7-9-15(20)10-8-14/h1-3,5-10H,4,11-13H2,(H,21,23). The van der Waals surface area contributed by atoms with Gasteiger partial charge in [-0.3, -0.25) is 9.59 Å². The zero-order chi connectivity index (χ0) is 17.4. The minimum Gasteiger partial charge on any atom is -0.355 e. The predicted octanol–water partition coefficient (Wildman–Crippen LogP) is 3.22. The zero-order valence-electron chi connectivity index (χ0n) is 13.0. The predicted molar refractivity (Wildman–Crippen MR) is 92.9 cm³/mol. The van der Waals surface area contributed by atoms with Gasteiger partial charge in [0, 0.05) is 24.3 Å². The Kier molecular flexibility index (Phi) is 6.75. The number of rotatable bonds is 7. The molecule has 0 fully saturated rings. The first-order chi connectivity index (χ1) is 11.6. The lowest BCUT2D eigenvalue weighted by atomic mass is 10.1. The molecule has 0 heterocycles. The molecule has 0 aliphatic carbocycles. The van der Waals surface area contributed by atoms with Gasteiger partial charge in [-0.2, -0.15) is 0 Å². The molecule has 1 N–H and O–H groups in total. The van der Waals surface area contributed by atoms with Gasteiger partial charge in [-0.25, -0.2) is 4.39 Å². The highest BCUT2D eigenvalue weighted by molar-refractivity contribution is 6.27. The zero-order valence-corrected chi connectivity index (χ0v) is 13.8. The average Bonchev–Trinajstić information content (AvgIpc) is 2.62. The van der Waals surface area contributed by atoms with Crippen LogP contribution in [-0.4, -0.2) is 30.8 Å². The number of hydrogen-bond acceptors (Lipinski definition) is 2. The Morgan fingerprint density at radius 2 is 1.71 bits per heavy atom. The highest BCUT2D eigenvalue weighted by Crippen LogP contribution is 2.17. The topological polar surface area (TPSA) is 49.4 Å². The van der Waals surface area contributed by atoms with E-state index in [-0.39, 0.29) is 23.5 Å². The fourth-order valence-corrected chi connectivity index (χ4v) is 2.31. The van der Waals surface area contributed by atoms with Crippen molar-refractivity contribution >= 4 is 29.1 Å². The van der Waals surface area contributed by atoms with Crippen LogP contribution in [0.1, 0.15) is 16.8 Å². The Morgan fingerprint density at radius 3 is 2.33 bits per heavy atom. The largest absolute Gasteiger partial charge is 0.355 e. The van der Waals surface area contributed by atoms with E-state index in [4.69, 9.17) is 11.6 Å². The molecule has 0 aliphatic heterocycles. The number of para-hydroxylation sites is 1. The lowest BCUT2D eigenvalue weighted by molar-refractivity contribution is -0.118. The number of halogens is 2. The van der Waals surface area contributed by atoms with E-state index in [1.807, 2.05) is 30.3 Å². The summed E-state index contributed by atoms with van der Waals surface area (Å²) in [6, 6.07) is 14.7. The maximum atomic E-state index is 13.1. The van der Waals surface area contributed by atoms with Gasteiger partial charge in [-0.05, 0) is 42.8 Å². The molecular weight excluding hydrogens is 331 g/mol. The fourth-order valence-electron chi connectivity index (χ4n) is 2.22. The minimum absolute atomic E-state index is 0.0864. The van der Waals surface area contributed by atoms with Crippen LogP contribution < -0.4 is 10.2 Å². The summed E-state index contributed by atoms with van der Waals surface area (Å²) < 4.78 is 13.1. The number of alkyl halides is 1. The average molecular weight is 349 g/mol. The van der Waals surface area contributed by atoms with E-state index in [0.717, 1.165) is 5.69 Å². The molecule has 24 heavy (non-hydrogen) atoms.